The molecule has 152 valence electrons. The van der Waals surface area contributed by atoms with Crippen LogP contribution >= 0.6 is 0 Å². The Labute approximate surface area is 173 Å². The number of benzene rings is 2. The van der Waals surface area contributed by atoms with E-state index in [0.717, 1.165) is 50.0 Å². The fourth-order valence-electron chi connectivity index (χ4n) is 4.39. The molecular weight excluding hydrogens is 362 g/mol. The van der Waals surface area contributed by atoms with Gasteiger partial charge in [-0.05, 0) is 56.2 Å². The molecule has 2 atom stereocenters. The fraction of sp³-hybridized carbons (Fsp3) is 0.400. The zero-order valence-corrected chi connectivity index (χ0v) is 16.8. The van der Waals surface area contributed by atoms with Crippen LogP contribution in [0, 0.1) is 0 Å². The number of nitrogens with zero attached hydrogens (tertiary/aromatic N) is 1. The normalized spacial score (nSPS) is 20.7. The average molecular weight is 392 g/mol. The number of para-hydroxylation sites is 1. The SMILES string of the molecule is O=C(OCc1ccccc1)N1C2C=C(CCCOc3ccccc3)CC1CCC2. The number of hydrogen-bond acceptors (Lipinski definition) is 3. The predicted molar refractivity (Wildman–Crippen MR) is 114 cm³/mol. The standard InChI is InChI=1S/C25H29NO3/c27-25(29-19-20-9-3-1-4-10-20)26-22-12-7-13-23(26)18-21(17-22)11-8-16-28-24-14-5-2-6-15-24/h1-6,9-10,14-15,17,22-23H,7-8,11-13,16,18-19H2. The summed E-state index contributed by atoms with van der Waals surface area (Å²) >= 11 is 0. The van der Waals surface area contributed by atoms with Crippen molar-refractivity contribution in [2.45, 2.75) is 57.2 Å². The lowest BCUT2D eigenvalue weighted by Gasteiger charge is -2.44. The van der Waals surface area contributed by atoms with Crippen molar-refractivity contribution in [2.24, 2.45) is 0 Å². The van der Waals surface area contributed by atoms with Crippen LogP contribution in [0.4, 0.5) is 4.79 Å². The zero-order valence-electron chi connectivity index (χ0n) is 16.8. The van der Waals surface area contributed by atoms with Crippen molar-refractivity contribution < 1.29 is 14.3 Å². The first-order valence-electron chi connectivity index (χ1n) is 10.7. The van der Waals surface area contributed by atoms with E-state index in [0.29, 0.717) is 6.61 Å². The van der Waals surface area contributed by atoms with Gasteiger partial charge in [0.15, 0.2) is 0 Å². The first-order valence-corrected chi connectivity index (χ1v) is 10.7. The van der Waals surface area contributed by atoms with E-state index in [1.54, 1.807) is 0 Å². The van der Waals surface area contributed by atoms with Crippen LogP contribution < -0.4 is 4.74 Å². The van der Waals surface area contributed by atoms with Gasteiger partial charge in [0.05, 0.1) is 12.6 Å². The Morgan fingerprint density at radius 2 is 1.76 bits per heavy atom. The molecule has 0 aromatic heterocycles. The first-order chi connectivity index (χ1) is 14.3. The molecule has 2 unspecified atom stereocenters. The number of rotatable bonds is 7. The molecule has 2 heterocycles. The Balaban J connectivity index is 1.29. The van der Waals surface area contributed by atoms with Gasteiger partial charge in [0.25, 0.3) is 0 Å². The minimum absolute atomic E-state index is 0.175. The highest BCUT2D eigenvalue weighted by Gasteiger charge is 2.37. The summed E-state index contributed by atoms with van der Waals surface area (Å²) in [7, 11) is 0. The summed E-state index contributed by atoms with van der Waals surface area (Å²) in [4.78, 5) is 14.7. The molecule has 2 bridgehead atoms. The molecular formula is C25H29NO3. The third kappa shape index (κ3) is 5.20. The number of piperidine rings is 1. The molecule has 1 fully saturated rings. The van der Waals surface area contributed by atoms with Gasteiger partial charge in [-0.15, -0.1) is 0 Å². The fourth-order valence-corrected chi connectivity index (χ4v) is 4.39. The lowest BCUT2D eigenvalue weighted by Crippen LogP contribution is -2.51. The molecule has 4 nitrogen and oxygen atoms in total. The molecule has 1 amide bonds. The Bertz CT molecular complexity index is 818. The van der Waals surface area contributed by atoms with Crippen LogP contribution in [-0.2, 0) is 11.3 Å². The van der Waals surface area contributed by atoms with Crippen LogP contribution in [-0.4, -0.2) is 29.7 Å². The van der Waals surface area contributed by atoms with Crippen LogP contribution in [0.5, 0.6) is 5.75 Å². The van der Waals surface area contributed by atoms with Crippen molar-refractivity contribution in [2.75, 3.05) is 6.61 Å². The topological polar surface area (TPSA) is 38.8 Å². The summed E-state index contributed by atoms with van der Waals surface area (Å²) in [5, 5.41) is 0. The molecule has 29 heavy (non-hydrogen) atoms. The number of fused-ring (bicyclic) bond motifs is 2. The smallest absolute Gasteiger partial charge is 0.410 e. The first kappa shape index (κ1) is 19.6. The van der Waals surface area contributed by atoms with Gasteiger partial charge in [0.2, 0.25) is 0 Å². The molecule has 1 saturated heterocycles. The Kier molecular flexibility index (Phi) is 6.50. The van der Waals surface area contributed by atoms with Gasteiger partial charge >= 0.3 is 6.09 Å². The minimum atomic E-state index is -0.175. The molecule has 0 radical (unpaired) electrons. The van der Waals surface area contributed by atoms with Gasteiger partial charge < -0.3 is 9.47 Å². The van der Waals surface area contributed by atoms with Crippen LogP contribution in [0.2, 0.25) is 0 Å². The van der Waals surface area contributed by atoms with E-state index in [-0.39, 0.29) is 18.2 Å². The lowest BCUT2D eigenvalue weighted by molar-refractivity contribution is 0.0478. The van der Waals surface area contributed by atoms with Gasteiger partial charge in [-0.25, -0.2) is 4.79 Å². The molecule has 2 aliphatic rings. The monoisotopic (exact) mass is 391 g/mol. The zero-order chi connectivity index (χ0) is 19.9. The van der Waals surface area contributed by atoms with Gasteiger partial charge in [-0.2, -0.15) is 0 Å². The Morgan fingerprint density at radius 1 is 1.00 bits per heavy atom. The highest BCUT2D eigenvalue weighted by molar-refractivity contribution is 5.69. The third-order valence-corrected chi connectivity index (χ3v) is 5.78. The molecule has 0 spiro atoms. The number of carbonyl (C=O) groups is 1. The van der Waals surface area contributed by atoms with E-state index in [2.05, 4.69) is 6.08 Å². The summed E-state index contributed by atoms with van der Waals surface area (Å²) in [5.41, 5.74) is 2.49. The highest BCUT2D eigenvalue weighted by atomic mass is 16.6. The second-order valence-electron chi connectivity index (χ2n) is 7.89. The van der Waals surface area contributed by atoms with Crippen molar-refractivity contribution in [3.8, 4) is 5.75 Å². The van der Waals surface area contributed by atoms with Gasteiger partial charge in [0.1, 0.15) is 12.4 Å². The third-order valence-electron chi connectivity index (χ3n) is 5.78. The maximum absolute atomic E-state index is 12.8. The molecule has 0 aliphatic carbocycles. The molecule has 2 aliphatic heterocycles. The van der Waals surface area contributed by atoms with Crippen molar-refractivity contribution >= 4 is 6.09 Å². The Morgan fingerprint density at radius 3 is 2.52 bits per heavy atom. The van der Waals surface area contributed by atoms with E-state index in [1.807, 2.05) is 65.6 Å². The van der Waals surface area contributed by atoms with E-state index >= 15 is 0 Å². The second kappa shape index (κ2) is 9.64. The van der Waals surface area contributed by atoms with Crippen molar-refractivity contribution in [3.63, 3.8) is 0 Å². The summed E-state index contributed by atoms with van der Waals surface area (Å²) in [6.07, 6.45) is 8.40. The molecule has 2 aromatic carbocycles. The van der Waals surface area contributed by atoms with Crippen molar-refractivity contribution in [3.05, 3.63) is 77.9 Å². The van der Waals surface area contributed by atoms with Gasteiger partial charge in [-0.1, -0.05) is 60.2 Å². The molecule has 0 N–H and O–H groups in total. The molecule has 0 saturated carbocycles. The summed E-state index contributed by atoms with van der Waals surface area (Å²) in [6.45, 7) is 1.06. The maximum atomic E-state index is 12.8. The maximum Gasteiger partial charge on any atom is 0.410 e. The van der Waals surface area contributed by atoms with E-state index in [4.69, 9.17) is 9.47 Å². The van der Waals surface area contributed by atoms with Gasteiger partial charge in [0, 0.05) is 6.04 Å². The van der Waals surface area contributed by atoms with Crippen LogP contribution in [0.1, 0.15) is 44.1 Å². The van der Waals surface area contributed by atoms with E-state index in [1.165, 1.54) is 12.0 Å². The lowest BCUT2D eigenvalue weighted by atomic mass is 9.84. The Hall–Kier alpha value is -2.75. The molecule has 4 rings (SSSR count). The van der Waals surface area contributed by atoms with Crippen LogP contribution in [0.15, 0.2) is 72.3 Å². The highest BCUT2D eigenvalue weighted by Crippen LogP contribution is 2.35. The summed E-state index contributed by atoms with van der Waals surface area (Å²) in [5.74, 6) is 0.925. The number of ether oxygens (including phenoxy) is 2. The quantitative estimate of drug-likeness (QED) is 0.446. The molecule has 4 heteroatoms. The second-order valence-corrected chi connectivity index (χ2v) is 7.89. The predicted octanol–water partition coefficient (Wildman–Crippen LogP) is 5.74. The van der Waals surface area contributed by atoms with Crippen molar-refractivity contribution in [1.82, 2.24) is 4.90 Å². The average Bonchev–Trinajstić information content (AvgIpc) is 2.76. The number of amides is 1. The van der Waals surface area contributed by atoms with Crippen LogP contribution in [0.25, 0.3) is 0 Å². The molecule has 2 aromatic rings. The largest absolute Gasteiger partial charge is 0.494 e. The minimum Gasteiger partial charge on any atom is -0.494 e. The van der Waals surface area contributed by atoms with E-state index in [9.17, 15) is 4.79 Å². The van der Waals surface area contributed by atoms with Crippen molar-refractivity contribution in [1.29, 1.82) is 0 Å². The van der Waals surface area contributed by atoms with E-state index < -0.39 is 0 Å². The summed E-state index contributed by atoms with van der Waals surface area (Å²) < 4.78 is 11.4. The van der Waals surface area contributed by atoms with Gasteiger partial charge in [-0.3, -0.25) is 4.90 Å². The number of hydrogen-bond donors (Lipinski definition) is 0. The summed E-state index contributed by atoms with van der Waals surface area (Å²) in [6, 6.07) is 20.3. The number of carbonyl (C=O) groups excluding carboxylic acids is 1. The van der Waals surface area contributed by atoms with Crippen LogP contribution in [0.3, 0.4) is 0 Å².